The number of benzene rings is 2. The summed E-state index contributed by atoms with van der Waals surface area (Å²) >= 11 is 3.31. The van der Waals surface area contributed by atoms with Gasteiger partial charge < -0.3 is 15.2 Å². The number of ether oxygens (including phenoxy) is 2. The van der Waals surface area contributed by atoms with Gasteiger partial charge in [0, 0.05) is 28.2 Å². The largest absolute Gasteiger partial charge is 0.497 e. The molecule has 0 amide bonds. The Bertz CT molecular complexity index is 604. The zero-order valence-electron chi connectivity index (χ0n) is 11.0. The maximum absolute atomic E-state index is 13.7. The lowest BCUT2D eigenvalue weighted by atomic mass is 10.2. The molecule has 2 aromatic carbocycles. The van der Waals surface area contributed by atoms with Crippen molar-refractivity contribution in [2.45, 2.75) is 13.2 Å². The Balaban J connectivity index is 2.19. The van der Waals surface area contributed by atoms with Crippen LogP contribution in [0.5, 0.6) is 11.5 Å². The van der Waals surface area contributed by atoms with E-state index < -0.39 is 0 Å². The SMILES string of the molecule is COc1ccc(CN)c(OCc2cc(Br)ccc2F)c1. The van der Waals surface area contributed by atoms with Gasteiger partial charge in [-0.1, -0.05) is 22.0 Å². The summed E-state index contributed by atoms with van der Waals surface area (Å²) in [6.07, 6.45) is 0. The highest BCUT2D eigenvalue weighted by atomic mass is 79.9. The molecule has 106 valence electrons. The van der Waals surface area contributed by atoms with E-state index in [0.717, 1.165) is 10.0 Å². The lowest BCUT2D eigenvalue weighted by molar-refractivity contribution is 0.294. The van der Waals surface area contributed by atoms with Crippen molar-refractivity contribution >= 4 is 15.9 Å². The average molecular weight is 340 g/mol. The number of nitrogens with two attached hydrogens (primary N) is 1. The average Bonchev–Trinajstić information content (AvgIpc) is 2.47. The first-order valence-electron chi connectivity index (χ1n) is 6.07. The molecule has 0 aliphatic carbocycles. The molecule has 2 aromatic rings. The molecule has 2 N–H and O–H groups in total. The van der Waals surface area contributed by atoms with Crippen LogP contribution < -0.4 is 15.2 Å². The smallest absolute Gasteiger partial charge is 0.129 e. The maximum Gasteiger partial charge on any atom is 0.129 e. The van der Waals surface area contributed by atoms with Gasteiger partial charge in [0.15, 0.2) is 0 Å². The minimum atomic E-state index is -0.301. The second-order valence-corrected chi connectivity index (χ2v) is 5.12. The maximum atomic E-state index is 13.7. The Kier molecular flexibility index (Phi) is 4.98. The number of hydrogen-bond acceptors (Lipinski definition) is 3. The Labute approximate surface area is 125 Å². The fraction of sp³-hybridized carbons (Fsp3) is 0.200. The Morgan fingerprint density at radius 2 is 1.95 bits per heavy atom. The molecular weight excluding hydrogens is 325 g/mol. The second kappa shape index (κ2) is 6.72. The van der Waals surface area contributed by atoms with Crippen molar-refractivity contribution < 1.29 is 13.9 Å². The van der Waals surface area contributed by atoms with Crippen molar-refractivity contribution in [2.24, 2.45) is 5.73 Å². The molecular formula is C15H15BrFNO2. The van der Waals surface area contributed by atoms with Gasteiger partial charge in [-0.3, -0.25) is 0 Å². The number of rotatable bonds is 5. The fourth-order valence-corrected chi connectivity index (χ4v) is 2.18. The molecule has 0 aliphatic heterocycles. The zero-order valence-corrected chi connectivity index (χ0v) is 12.6. The predicted octanol–water partition coefficient (Wildman–Crippen LogP) is 3.63. The lowest BCUT2D eigenvalue weighted by Crippen LogP contribution is -2.04. The lowest BCUT2D eigenvalue weighted by Gasteiger charge is -2.12. The number of methoxy groups -OCH3 is 1. The van der Waals surface area contributed by atoms with E-state index in [9.17, 15) is 4.39 Å². The van der Waals surface area contributed by atoms with Crippen LogP contribution in [0.2, 0.25) is 0 Å². The van der Waals surface area contributed by atoms with Gasteiger partial charge in [0.1, 0.15) is 23.9 Å². The molecule has 0 aromatic heterocycles. The van der Waals surface area contributed by atoms with Gasteiger partial charge >= 0.3 is 0 Å². The van der Waals surface area contributed by atoms with Crippen LogP contribution in [0.3, 0.4) is 0 Å². The quantitative estimate of drug-likeness (QED) is 0.904. The third kappa shape index (κ3) is 3.49. The molecule has 0 spiro atoms. The first kappa shape index (κ1) is 14.8. The van der Waals surface area contributed by atoms with E-state index in [0.29, 0.717) is 23.6 Å². The van der Waals surface area contributed by atoms with Crippen LogP contribution in [0.25, 0.3) is 0 Å². The normalized spacial score (nSPS) is 10.4. The molecule has 0 saturated heterocycles. The van der Waals surface area contributed by atoms with E-state index in [-0.39, 0.29) is 12.4 Å². The molecule has 0 unspecified atom stereocenters. The van der Waals surface area contributed by atoms with Gasteiger partial charge in [-0.25, -0.2) is 4.39 Å². The zero-order chi connectivity index (χ0) is 14.5. The summed E-state index contributed by atoms with van der Waals surface area (Å²) in [5.74, 6) is 0.975. The standard InChI is InChI=1S/C15H15BrFNO2/c1-19-13-4-2-10(8-18)15(7-13)20-9-11-6-12(16)3-5-14(11)17/h2-7H,8-9,18H2,1H3. The molecule has 0 radical (unpaired) electrons. The van der Waals surface area contributed by atoms with Crippen molar-refractivity contribution in [3.8, 4) is 11.5 Å². The highest BCUT2D eigenvalue weighted by molar-refractivity contribution is 9.10. The highest BCUT2D eigenvalue weighted by Gasteiger charge is 2.08. The third-order valence-corrected chi connectivity index (χ3v) is 3.38. The first-order chi connectivity index (χ1) is 9.63. The van der Waals surface area contributed by atoms with Crippen LogP contribution in [0.1, 0.15) is 11.1 Å². The van der Waals surface area contributed by atoms with E-state index in [1.165, 1.54) is 6.07 Å². The van der Waals surface area contributed by atoms with Crippen LogP contribution in [0.4, 0.5) is 4.39 Å². The molecule has 20 heavy (non-hydrogen) atoms. The van der Waals surface area contributed by atoms with Crippen LogP contribution in [-0.4, -0.2) is 7.11 Å². The Morgan fingerprint density at radius 3 is 2.65 bits per heavy atom. The van der Waals surface area contributed by atoms with Gasteiger partial charge in [-0.15, -0.1) is 0 Å². The summed E-state index contributed by atoms with van der Waals surface area (Å²) in [6, 6.07) is 10.1. The van der Waals surface area contributed by atoms with Crippen molar-refractivity contribution in [3.63, 3.8) is 0 Å². The highest BCUT2D eigenvalue weighted by Crippen LogP contribution is 2.26. The molecule has 0 fully saturated rings. The minimum absolute atomic E-state index is 0.130. The monoisotopic (exact) mass is 339 g/mol. The van der Waals surface area contributed by atoms with Crippen LogP contribution in [0.15, 0.2) is 40.9 Å². The van der Waals surface area contributed by atoms with E-state index in [1.54, 1.807) is 25.3 Å². The molecule has 0 atom stereocenters. The summed E-state index contributed by atoms with van der Waals surface area (Å²) < 4.78 is 25.3. The van der Waals surface area contributed by atoms with Crippen molar-refractivity contribution in [2.75, 3.05) is 7.11 Å². The van der Waals surface area contributed by atoms with Crippen molar-refractivity contribution in [1.82, 2.24) is 0 Å². The summed E-state index contributed by atoms with van der Waals surface area (Å²) in [7, 11) is 1.58. The molecule has 3 nitrogen and oxygen atoms in total. The van der Waals surface area contributed by atoms with E-state index in [2.05, 4.69) is 15.9 Å². The molecule has 5 heteroatoms. The Hall–Kier alpha value is -1.59. The van der Waals surface area contributed by atoms with Crippen LogP contribution >= 0.6 is 15.9 Å². The minimum Gasteiger partial charge on any atom is -0.497 e. The van der Waals surface area contributed by atoms with Crippen LogP contribution in [0, 0.1) is 5.82 Å². The molecule has 2 rings (SSSR count). The summed E-state index contributed by atoms with van der Waals surface area (Å²) in [4.78, 5) is 0. The molecule has 0 saturated carbocycles. The van der Waals surface area contributed by atoms with E-state index >= 15 is 0 Å². The molecule has 0 bridgehead atoms. The predicted molar refractivity (Wildman–Crippen MR) is 79.3 cm³/mol. The Morgan fingerprint density at radius 1 is 1.15 bits per heavy atom. The summed E-state index contributed by atoms with van der Waals surface area (Å²) in [5, 5.41) is 0. The topological polar surface area (TPSA) is 44.5 Å². The van der Waals surface area contributed by atoms with E-state index in [4.69, 9.17) is 15.2 Å². The van der Waals surface area contributed by atoms with Gasteiger partial charge in [0.2, 0.25) is 0 Å². The van der Waals surface area contributed by atoms with Gasteiger partial charge in [-0.05, 0) is 24.3 Å². The first-order valence-corrected chi connectivity index (χ1v) is 6.87. The third-order valence-electron chi connectivity index (χ3n) is 2.89. The van der Waals surface area contributed by atoms with Gasteiger partial charge in [0.05, 0.1) is 7.11 Å². The molecule has 0 heterocycles. The fourth-order valence-electron chi connectivity index (χ4n) is 1.77. The van der Waals surface area contributed by atoms with Crippen molar-refractivity contribution in [1.29, 1.82) is 0 Å². The summed E-state index contributed by atoms with van der Waals surface area (Å²) in [6.45, 7) is 0.478. The van der Waals surface area contributed by atoms with Crippen molar-refractivity contribution in [3.05, 3.63) is 57.8 Å². The number of halogens is 2. The number of hydrogen-bond donors (Lipinski definition) is 1. The van der Waals surface area contributed by atoms with Gasteiger partial charge in [-0.2, -0.15) is 0 Å². The molecule has 0 aliphatic rings. The van der Waals surface area contributed by atoms with E-state index in [1.807, 2.05) is 12.1 Å². The summed E-state index contributed by atoms with van der Waals surface area (Å²) in [5.41, 5.74) is 6.99. The second-order valence-electron chi connectivity index (χ2n) is 4.20. The van der Waals surface area contributed by atoms with Crippen LogP contribution in [-0.2, 0) is 13.2 Å². The van der Waals surface area contributed by atoms with Gasteiger partial charge in [0.25, 0.3) is 0 Å².